The molecule has 2 aromatic rings. The Kier molecular flexibility index (Phi) is 4.78. The van der Waals surface area contributed by atoms with Crippen LogP contribution in [0.1, 0.15) is 16.1 Å². The maximum atomic E-state index is 10.8. The van der Waals surface area contributed by atoms with Crippen molar-refractivity contribution in [3.05, 3.63) is 46.1 Å². The number of aromatic carboxylic acids is 1. The average Bonchev–Trinajstić information content (AvgIpc) is 2.95. The van der Waals surface area contributed by atoms with Crippen molar-refractivity contribution in [1.82, 2.24) is 0 Å². The molecule has 0 bridgehead atoms. The zero-order valence-electron chi connectivity index (χ0n) is 12.2. The van der Waals surface area contributed by atoms with Crippen molar-refractivity contribution in [2.24, 2.45) is 4.99 Å². The van der Waals surface area contributed by atoms with Gasteiger partial charge in [0.15, 0.2) is 0 Å². The van der Waals surface area contributed by atoms with Crippen LogP contribution < -0.4 is 4.90 Å². The lowest BCUT2D eigenvalue weighted by atomic mass is 10.2. The Morgan fingerprint density at radius 1 is 1.26 bits per heavy atom. The lowest BCUT2D eigenvalue weighted by Crippen LogP contribution is -2.36. The molecule has 6 nitrogen and oxygen atoms in total. The number of furan rings is 1. The molecule has 7 heteroatoms. The molecule has 1 N–H and O–H groups in total. The third-order valence-corrected chi connectivity index (χ3v) is 4.01. The molecule has 23 heavy (non-hydrogen) atoms. The monoisotopic (exact) mass is 378 g/mol. The average molecular weight is 379 g/mol. The molecule has 0 spiro atoms. The van der Waals surface area contributed by atoms with E-state index in [1.54, 1.807) is 18.3 Å². The summed E-state index contributed by atoms with van der Waals surface area (Å²) in [6.07, 6.45) is 1.62. The Morgan fingerprint density at radius 2 is 1.96 bits per heavy atom. The minimum Gasteiger partial charge on any atom is -0.478 e. The van der Waals surface area contributed by atoms with Gasteiger partial charge in [0.05, 0.1) is 35.2 Å². The third kappa shape index (κ3) is 3.80. The highest BCUT2D eigenvalue weighted by atomic mass is 79.9. The van der Waals surface area contributed by atoms with E-state index in [9.17, 15) is 4.79 Å². The van der Waals surface area contributed by atoms with E-state index in [0.29, 0.717) is 24.7 Å². The number of anilines is 1. The second kappa shape index (κ2) is 6.97. The second-order valence-electron chi connectivity index (χ2n) is 5.01. The van der Waals surface area contributed by atoms with Crippen LogP contribution in [0.25, 0.3) is 0 Å². The van der Waals surface area contributed by atoms with Crippen LogP contribution >= 0.6 is 15.9 Å². The van der Waals surface area contributed by atoms with Crippen LogP contribution in [0.2, 0.25) is 0 Å². The van der Waals surface area contributed by atoms with Gasteiger partial charge in [-0.2, -0.15) is 0 Å². The number of hydrogen-bond donors (Lipinski definition) is 1. The van der Waals surface area contributed by atoms with Crippen LogP contribution in [0.5, 0.6) is 0 Å². The molecule has 1 saturated heterocycles. The molecular weight excluding hydrogens is 364 g/mol. The van der Waals surface area contributed by atoms with E-state index in [1.807, 2.05) is 6.07 Å². The van der Waals surface area contributed by atoms with Crippen LogP contribution in [-0.2, 0) is 4.74 Å². The van der Waals surface area contributed by atoms with Gasteiger partial charge in [-0.1, -0.05) is 0 Å². The topological polar surface area (TPSA) is 75.3 Å². The summed E-state index contributed by atoms with van der Waals surface area (Å²) in [7, 11) is 0. The second-order valence-corrected chi connectivity index (χ2v) is 5.87. The number of carboxylic acid groups (broad SMARTS) is 1. The third-order valence-electron chi connectivity index (χ3n) is 3.44. The maximum Gasteiger partial charge on any atom is 0.335 e. The van der Waals surface area contributed by atoms with Gasteiger partial charge in [0.2, 0.25) is 5.88 Å². The summed E-state index contributed by atoms with van der Waals surface area (Å²) >= 11 is 3.50. The van der Waals surface area contributed by atoms with Gasteiger partial charge in [-0.25, -0.2) is 4.79 Å². The number of morpholine rings is 1. The van der Waals surface area contributed by atoms with Gasteiger partial charge >= 0.3 is 5.97 Å². The van der Waals surface area contributed by atoms with Gasteiger partial charge in [0.1, 0.15) is 5.76 Å². The number of rotatable bonds is 4. The molecule has 0 aliphatic carbocycles. The Morgan fingerprint density at radius 3 is 2.61 bits per heavy atom. The van der Waals surface area contributed by atoms with Gasteiger partial charge in [0.25, 0.3) is 0 Å². The van der Waals surface area contributed by atoms with E-state index >= 15 is 0 Å². The zero-order chi connectivity index (χ0) is 16.2. The van der Waals surface area contributed by atoms with E-state index in [2.05, 4.69) is 25.8 Å². The molecule has 0 amide bonds. The Labute approximate surface area is 141 Å². The molecule has 0 unspecified atom stereocenters. The van der Waals surface area contributed by atoms with E-state index in [1.165, 1.54) is 12.1 Å². The minimum absolute atomic E-state index is 0.235. The number of hydrogen-bond acceptors (Lipinski definition) is 5. The number of halogens is 1. The summed E-state index contributed by atoms with van der Waals surface area (Å²) in [6, 6.07) is 8.21. The molecule has 2 heterocycles. The first-order chi connectivity index (χ1) is 11.1. The molecule has 120 valence electrons. The largest absolute Gasteiger partial charge is 0.478 e. The van der Waals surface area contributed by atoms with Crippen molar-refractivity contribution in [2.45, 2.75) is 0 Å². The highest BCUT2D eigenvalue weighted by Crippen LogP contribution is 2.30. The fourth-order valence-corrected chi connectivity index (χ4v) is 2.81. The zero-order valence-corrected chi connectivity index (χ0v) is 13.8. The SMILES string of the molecule is O=C(O)c1ccc(N=Cc2cc(Br)c(N3CCOCC3)o2)cc1. The first kappa shape index (κ1) is 15.8. The number of nitrogens with zero attached hydrogens (tertiary/aromatic N) is 2. The molecule has 3 rings (SSSR count). The summed E-state index contributed by atoms with van der Waals surface area (Å²) in [5, 5.41) is 8.87. The van der Waals surface area contributed by atoms with Crippen LogP contribution in [0.3, 0.4) is 0 Å². The number of carbonyl (C=O) groups is 1. The summed E-state index contributed by atoms with van der Waals surface area (Å²) in [5.41, 5.74) is 0.898. The summed E-state index contributed by atoms with van der Waals surface area (Å²) in [5.74, 6) is 0.447. The first-order valence-electron chi connectivity index (χ1n) is 7.13. The quantitative estimate of drug-likeness (QED) is 0.825. The Hall–Kier alpha value is -2.12. The number of ether oxygens (including phenoxy) is 1. The predicted octanol–water partition coefficient (Wildman–Crippen LogP) is 3.33. The van der Waals surface area contributed by atoms with Gasteiger partial charge in [-0.15, -0.1) is 0 Å². The molecule has 0 radical (unpaired) electrons. The smallest absolute Gasteiger partial charge is 0.335 e. The highest BCUT2D eigenvalue weighted by Gasteiger charge is 2.18. The predicted molar refractivity (Wildman–Crippen MR) is 90.1 cm³/mol. The normalized spacial score (nSPS) is 15.3. The van der Waals surface area contributed by atoms with Crippen molar-refractivity contribution >= 4 is 39.7 Å². The fraction of sp³-hybridized carbons (Fsp3) is 0.250. The molecule has 1 aliphatic rings. The van der Waals surface area contributed by atoms with Crippen LogP contribution in [-0.4, -0.2) is 43.6 Å². The summed E-state index contributed by atoms with van der Waals surface area (Å²) in [4.78, 5) is 17.2. The number of aliphatic imine (C=N–C) groups is 1. The molecule has 1 aliphatic heterocycles. The van der Waals surface area contributed by atoms with E-state index in [4.69, 9.17) is 14.3 Å². The van der Waals surface area contributed by atoms with Crippen molar-refractivity contribution in [2.75, 3.05) is 31.2 Å². The van der Waals surface area contributed by atoms with Crippen LogP contribution in [0, 0.1) is 0 Å². The maximum absolute atomic E-state index is 10.8. The van der Waals surface area contributed by atoms with Crippen molar-refractivity contribution in [1.29, 1.82) is 0 Å². The van der Waals surface area contributed by atoms with E-state index < -0.39 is 5.97 Å². The fourth-order valence-electron chi connectivity index (χ4n) is 2.25. The van der Waals surface area contributed by atoms with Crippen LogP contribution in [0.4, 0.5) is 11.6 Å². The molecule has 1 aromatic carbocycles. The van der Waals surface area contributed by atoms with Crippen LogP contribution in [0.15, 0.2) is 44.2 Å². The Balaban J connectivity index is 1.73. The van der Waals surface area contributed by atoms with E-state index in [0.717, 1.165) is 23.4 Å². The molecule has 0 atom stereocenters. The van der Waals surface area contributed by atoms with Crippen molar-refractivity contribution < 1.29 is 19.1 Å². The molecule has 1 aromatic heterocycles. The molecule has 0 saturated carbocycles. The molecule has 1 fully saturated rings. The van der Waals surface area contributed by atoms with E-state index in [-0.39, 0.29) is 5.56 Å². The minimum atomic E-state index is -0.953. The standard InChI is InChI=1S/C16H15BrN2O4/c17-14-9-13(23-15(14)19-5-7-22-8-6-19)10-18-12-3-1-11(2-4-12)16(20)21/h1-4,9-10H,5-8H2,(H,20,21). The summed E-state index contributed by atoms with van der Waals surface area (Å²) in [6.45, 7) is 2.96. The first-order valence-corrected chi connectivity index (χ1v) is 7.92. The Bertz CT molecular complexity index is 718. The van der Waals surface area contributed by atoms with Crippen molar-refractivity contribution in [3.8, 4) is 0 Å². The lowest BCUT2D eigenvalue weighted by Gasteiger charge is -2.26. The highest BCUT2D eigenvalue weighted by molar-refractivity contribution is 9.10. The molecular formula is C16H15BrN2O4. The van der Waals surface area contributed by atoms with Crippen molar-refractivity contribution in [3.63, 3.8) is 0 Å². The summed E-state index contributed by atoms with van der Waals surface area (Å²) < 4.78 is 12.0. The van der Waals surface area contributed by atoms with Gasteiger partial charge in [-0.05, 0) is 40.2 Å². The van der Waals surface area contributed by atoms with Gasteiger partial charge in [-0.3, -0.25) is 4.99 Å². The van der Waals surface area contributed by atoms with Gasteiger partial charge < -0.3 is 19.2 Å². The lowest BCUT2D eigenvalue weighted by molar-refractivity contribution is 0.0697. The number of carboxylic acids is 1. The van der Waals surface area contributed by atoms with Gasteiger partial charge in [0, 0.05) is 19.2 Å². The number of benzene rings is 1.